The second-order valence-electron chi connectivity index (χ2n) is 2.90. The van der Waals surface area contributed by atoms with E-state index in [-0.39, 0.29) is 0 Å². The van der Waals surface area contributed by atoms with Crippen molar-refractivity contribution in [1.29, 1.82) is 5.26 Å². The van der Waals surface area contributed by atoms with Crippen molar-refractivity contribution in [1.82, 2.24) is 5.32 Å². The molecule has 0 amide bonds. The highest BCUT2D eigenvalue weighted by Crippen LogP contribution is 1.96. The molecule has 0 aliphatic heterocycles. The summed E-state index contributed by atoms with van der Waals surface area (Å²) in [5.41, 5.74) is -0.671. The Balaban J connectivity index is 3.14. The predicted octanol–water partition coefficient (Wildman–Crippen LogP) is 0.261. The van der Waals surface area contributed by atoms with Crippen molar-refractivity contribution in [3.63, 3.8) is 0 Å². The topological polar surface area (TPSA) is 56.0 Å². The van der Waals surface area contributed by atoms with E-state index < -0.39 is 5.60 Å². The number of aliphatic hydroxyl groups is 1. The molecule has 10 heavy (non-hydrogen) atoms. The van der Waals surface area contributed by atoms with E-state index in [1.807, 2.05) is 6.07 Å². The van der Waals surface area contributed by atoms with Crippen molar-refractivity contribution in [3.8, 4) is 6.07 Å². The quantitative estimate of drug-likeness (QED) is 0.554. The van der Waals surface area contributed by atoms with Gasteiger partial charge in [-0.1, -0.05) is 0 Å². The molecular weight excluding hydrogens is 128 g/mol. The number of nitrogens with zero attached hydrogens (tertiary/aromatic N) is 1. The van der Waals surface area contributed by atoms with Crippen LogP contribution in [-0.2, 0) is 0 Å². The maximum absolute atomic E-state index is 9.17. The molecule has 0 rings (SSSR count). The van der Waals surface area contributed by atoms with Crippen LogP contribution in [0.15, 0.2) is 0 Å². The molecule has 0 unspecified atom stereocenters. The Morgan fingerprint density at radius 3 is 2.60 bits per heavy atom. The molecule has 2 N–H and O–H groups in total. The van der Waals surface area contributed by atoms with Crippen LogP contribution >= 0.6 is 0 Å². The molecule has 0 aliphatic carbocycles. The van der Waals surface area contributed by atoms with E-state index in [1.165, 1.54) is 0 Å². The molecular formula is C7H14N2O. The second kappa shape index (κ2) is 4.26. The standard InChI is InChI=1S/C7H14N2O/c1-7(2,10)6-9-5-3-4-8/h9-10H,3,5-6H2,1-2H3. The third kappa shape index (κ3) is 7.41. The Morgan fingerprint density at radius 2 is 2.20 bits per heavy atom. The highest BCUT2D eigenvalue weighted by molar-refractivity contribution is 4.73. The van der Waals surface area contributed by atoms with Gasteiger partial charge in [0, 0.05) is 19.5 Å². The first kappa shape index (κ1) is 9.41. The molecule has 0 radical (unpaired) electrons. The van der Waals surface area contributed by atoms with Gasteiger partial charge in [0.05, 0.1) is 11.7 Å². The summed E-state index contributed by atoms with van der Waals surface area (Å²) in [6, 6.07) is 2.01. The predicted molar refractivity (Wildman–Crippen MR) is 39.4 cm³/mol. The maximum Gasteiger partial charge on any atom is 0.0715 e. The average molecular weight is 142 g/mol. The van der Waals surface area contributed by atoms with Gasteiger partial charge in [0.1, 0.15) is 0 Å². The van der Waals surface area contributed by atoms with E-state index >= 15 is 0 Å². The summed E-state index contributed by atoms with van der Waals surface area (Å²) in [4.78, 5) is 0. The van der Waals surface area contributed by atoms with Gasteiger partial charge in [0.15, 0.2) is 0 Å². The molecule has 0 bridgehead atoms. The summed E-state index contributed by atoms with van der Waals surface area (Å²) in [7, 11) is 0. The molecule has 58 valence electrons. The Hall–Kier alpha value is -0.590. The molecule has 3 nitrogen and oxygen atoms in total. The minimum Gasteiger partial charge on any atom is -0.389 e. The van der Waals surface area contributed by atoms with Crippen LogP contribution in [0.1, 0.15) is 20.3 Å². The summed E-state index contributed by atoms with van der Waals surface area (Å²) < 4.78 is 0. The van der Waals surface area contributed by atoms with Gasteiger partial charge >= 0.3 is 0 Å². The van der Waals surface area contributed by atoms with Gasteiger partial charge in [-0.25, -0.2) is 0 Å². The molecule has 0 fully saturated rings. The molecule has 0 aromatic heterocycles. The minimum atomic E-state index is -0.671. The van der Waals surface area contributed by atoms with Crippen molar-refractivity contribution in [2.75, 3.05) is 13.1 Å². The zero-order valence-electron chi connectivity index (χ0n) is 6.52. The van der Waals surface area contributed by atoms with E-state index in [2.05, 4.69) is 5.32 Å². The molecule has 0 aliphatic rings. The fourth-order valence-electron chi connectivity index (χ4n) is 0.539. The smallest absolute Gasteiger partial charge is 0.0715 e. The van der Waals surface area contributed by atoms with Gasteiger partial charge in [-0.05, 0) is 13.8 Å². The first-order valence-electron chi connectivity index (χ1n) is 3.36. The van der Waals surface area contributed by atoms with Crippen LogP contribution in [0.3, 0.4) is 0 Å². The van der Waals surface area contributed by atoms with Crippen LogP contribution in [0, 0.1) is 11.3 Å². The van der Waals surface area contributed by atoms with Crippen LogP contribution in [0.2, 0.25) is 0 Å². The Bertz CT molecular complexity index is 121. The van der Waals surface area contributed by atoms with Crippen molar-refractivity contribution >= 4 is 0 Å². The third-order valence-corrected chi connectivity index (χ3v) is 0.971. The lowest BCUT2D eigenvalue weighted by Gasteiger charge is -2.16. The van der Waals surface area contributed by atoms with E-state index in [0.29, 0.717) is 19.5 Å². The monoisotopic (exact) mass is 142 g/mol. The lowest BCUT2D eigenvalue weighted by Crippen LogP contribution is -2.35. The summed E-state index contributed by atoms with van der Waals surface area (Å²) >= 11 is 0. The van der Waals surface area contributed by atoms with Crippen LogP contribution < -0.4 is 5.32 Å². The van der Waals surface area contributed by atoms with E-state index in [1.54, 1.807) is 13.8 Å². The Labute approximate surface area is 61.7 Å². The SMILES string of the molecule is CC(C)(O)CNCCC#N. The van der Waals surface area contributed by atoms with Crippen LogP contribution in [0.25, 0.3) is 0 Å². The van der Waals surface area contributed by atoms with Crippen LogP contribution in [-0.4, -0.2) is 23.8 Å². The van der Waals surface area contributed by atoms with Gasteiger partial charge in [-0.3, -0.25) is 0 Å². The summed E-state index contributed by atoms with van der Waals surface area (Å²) in [5, 5.41) is 20.3. The number of hydrogen-bond donors (Lipinski definition) is 2. The lowest BCUT2D eigenvalue weighted by molar-refractivity contribution is 0.0802. The molecule has 0 saturated heterocycles. The average Bonchev–Trinajstić information content (AvgIpc) is 1.78. The van der Waals surface area contributed by atoms with Gasteiger partial charge in [-0.15, -0.1) is 0 Å². The summed E-state index contributed by atoms with van der Waals surface area (Å²) in [6.45, 7) is 4.65. The van der Waals surface area contributed by atoms with E-state index in [9.17, 15) is 5.11 Å². The lowest BCUT2D eigenvalue weighted by atomic mass is 10.1. The van der Waals surface area contributed by atoms with Gasteiger partial charge in [0.25, 0.3) is 0 Å². The van der Waals surface area contributed by atoms with Crippen molar-refractivity contribution in [3.05, 3.63) is 0 Å². The normalized spacial score (nSPS) is 11.0. The minimum absolute atomic E-state index is 0.496. The second-order valence-corrected chi connectivity index (χ2v) is 2.90. The first-order valence-corrected chi connectivity index (χ1v) is 3.36. The number of nitrogens with one attached hydrogen (secondary N) is 1. The van der Waals surface area contributed by atoms with Gasteiger partial charge < -0.3 is 10.4 Å². The summed E-state index contributed by atoms with van der Waals surface area (Å²) in [5.74, 6) is 0. The molecule has 0 spiro atoms. The number of rotatable bonds is 4. The Kier molecular flexibility index (Phi) is 4.01. The molecule has 3 heteroatoms. The number of nitriles is 1. The largest absolute Gasteiger partial charge is 0.389 e. The molecule has 0 atom stereocenters. The van der Waals surface area contributed by atoms with Crippen LogP contribution in [0.5, 0.6) is 0 Å². The van der Waals surface area contributed by atoms with Crippen molar-refractivity contribution in [2.24, 2.45) is 0 Å². The van der Waals surface area contributed by atoms with E-state index in [0.717, 1.165) is 0 Å². The molecule has 0 heterocycles. The molecule has 0 aromatic rings. The highest BCUT2D eigenvalue weighted by Gasteiger charge is 2.09. The summed E-state index contributed by atoms with van der Waals surface area (Å²) in [6.07, 6.45) is 0.496. The maximum atomic E-state index is 9.17. The van der Waals surface area contributed by atoms with E-state index in [4.69, 9.17) is 5.26 Å². The van der Waals surface area contributed by atoms with Gasteiger partial charge in [0.2, 0.25) is 0 Å². The van der Waals surface area contributed by atoms with Crippen molar-refractivity contribution in [2.45, 2.75) is 25.9 Å². The fraction of sp³-hybridized carbons (Fsp3) is 0.857. The van der Waals surface area contributed by atoms with Crippen molar-refractivity contribution < 1.29 is 5.11 Å². The zero-order valence-corrected chi connectivity index (χ0v) is 6.52. The number of hydrogen-bond acceptors (Lipinski definition) is 3. The Morgan fingerprint density at radius 1 is 1.60 bits per heavy atom. The first-order chi connectivity index (χ1) is 4.56. The molecule has 0 aromatic carbocycles. The fourth-order valence-corrected chi connectivity index (χ4v) is 0.539. The zero-order chi connectivity index (χ0) is 8.04. The highest BCUT2D eigenvalue weighted by atomic mass is 16.3. The third-order valence-electron chi connectivity index (χ3n) is 0.971. The molecule has 0 saturated carbocycles. The van der Waals surface area contributed by atoms with Gasteiger partial charge in [-0.2, -0.15) is 5.26 Å². The van der Waals surface area contributed by atoms with Crippen LogP contribution in [0.4, 0.5) is 0 Å².